The first kappa shape index (κ1) is 23.2. The number of ether oxygens (including phenoxy) is 3. The summed E-state index contributed by atoms with van der Waals surface area (Å²) in [6.07, 6.45) is -0.187. The molecule has 0 radical (unpaired) electrons. The van der Waals surface area contributed by atoms with Crippen molar-refractivity contribution in [1.82, 2.24) is 5.32 Å². The molecule has 160 valence electrons. The van der Waals surface area contributed by atoms with Crippen LogP contribution < -0.4 is 10.1 Å². The zero-order valence-corrected chi connectivity index (χ0v) is 18.2. The van der Waals surface area contributed by atoms with Crippen molar-refractivity contribution in [2.45, 2.75) is 37.7 Å². The highest BCUT2D eigenvalue weighted by Crippen LogP contribution is 2.36. The fourth-order valence-electron chi connectivity index (χ4n) is 2.98. The molecule has 1 aromatic carbocycles. The molecule has 1 aromatic rings. The number of thiocarbonyl (C=S) groups is 1. The van der Waals surface area contributed by atoms with Crippen LogP contribution in [-0.4, -0.2) is 65.9 Å². The number of methoxy groups -OCH3 is 2. The van der Waals surface area contributed by atoms with Gasteiger partial charge in [-0.3, -0.25) is 0 Å². The van der Waals surface area contributed by atoms with Gasteiger partial charge in [-0.05, 0) is 13.3 Å². The minimum atomic E-state index is -0.784. The topological polar surface area (TPSA) is 114 Å². The first-order valence-corrected chi connectivity index (χ1v) is 10.5. The van der Waals surface area contributed by atoms with Crippen molar-refractivity contribution in [1.29, 1.82) is 0 Å². The lowest BCUT2D eigenvalue weighted by Crippen LogP contribution is -2.42. The summed E-state index contributed by atoms with van der Waals surface area (Å²) in [6.45, 7) is 1.32. The molecular formula is C19H25NO7S2. The fourth-order valence-corrected chi connectivity index (χ4v) is 4.31. The minimum absolute atomic E-state index is 0.111. The summed E-state index contributed by atoms with van der Waals surface area (Å²) in [5.41, 5.74) is 1.09. The number of hydrogen-bond donors (Lipinski definition) is 3. The van der Waals surface area contributed by atoms with E-state index in [9.17, 15) is 19.8 Å². The Bertz CT molecular complexity index is 784. The number of aliphatic hydroxyl groups excluding tert-OH is 1. The molecule has 10 heteroatoms. The molecule has 1 aliphatic heterocycles. The van der Waals surface area contributed by atoms with Gasteiger partial charge >= 0.3 is 11.9 Å². The Morgan fingerprint density at radius 1 is 1.45 bits per heavy atom. The number of phenolic OH excluding ortho intramolecular Hbond substituents is 1. The van der Waals surface area contributed by atoms with Gasteiger partial charge in [0.05, 0.1) is 31.4 Å². The Labute approximate surface area is 178 Å². The highest BCUT2D eigenvalue weighted by Gasteiger charge is 2.27. The molecule has 8 nitrogen and oxygen atoms in total. The molecule has 0 bridgehead atoms. The van der Waals surface area contributed by atoms with Crippen LogP contribution in [0.4, 0.5) is 0 Å². The molecule has 0 unspecified atom stereocenters. The molecule has 1 heterocycles. The monoisotopic (exact) mass is 443 g/mol. The van der Waals surface area contributed by atoms with Crippen LogP contribution in [0.2, 0.25) is 0 Å². The minimum Gasteiger partial charge on any atom is -0.507 e. The number of hydrogen-bond acceptors (Lipinski definition) is 9. The van der Waals surface area contributed by atoms with Crippen LogP contribution in [0.3, 0.4) is 0 Å². The molecule has 0 amide bonds. The van der Waals surface area contributed by atoms with E-state index in [0.717, 1.165) is 0 Å². The standard InChI is InChI=1S/C19H25NO7S2/c1-10-15(25-2)6-14(22)12-8-29-9-13(18(23)26-3)20-16(28)5-4-11(7-21)27-19(24)17(10)12/h6,11,13,21-22H,4-5,7-9H2,1-3H3,(H,20,28)/t11-,13-/m0/s1. The number of nitrogens with one attached hydrogen (secondary N) is 1. The van der Waals surface area contributed by atoms with E-state index < -0.39 is 24.1 Å². The number of phenols is 1. The van der Waals surface area contributed by atoms with Crippen molar-refractivity contribution in [2.24, 2.45) is 0 Å². The zero-order valence-electron chi connectivity index (χ0n) is 16.5. The summed E-state index contributed by atoms with van der Waals surface area (Å²) < 4.78 is 15.6. The van der Waals surface area contributed by atoms with Crippen molar-refractivity contribution in [3.05, 3.63) is 22.8 Å². The Kier molecular flexibility index (Phi) is 8.54. The van der Waals surface area contributed by atoms with Gasteiger partial charge in [0.1, 0.15) is 23.6 Å². The lowest BCUT2D eigenvalue weighted by molar-refractivity contribution is -0.142. The Morgan fingerprint density at radius 2 is 2.17 bits per heavy atom. The average molecular weight is 444 g/mol. The lowest BCUT2D eigenvalue weighted by Gasteiger charge is -2.19. The van der Waals surface area contributed by atoms with Gasteiger partial charge in [-0.2, -0.15) is 11.8 Å². The molecule has 0 saturated carbocycles. The third kappa shape index (κ3) is 5.74. The third-order valence-electron chi connectivity index (χ3n) is 4.57. The molecule has 0 fully saturated rings. The van der Waals surface area contributed by atoms with Crippen molar-refractivity contribution < 1.29 is 34.0 Å². The normalized spacial score (nSPS) is 20.8. The molecule has 0 aromatic heterocycles. The quantitative estimate of drug-likeness (QED) is 0.471. The number of benzene rings is 1. The third-order valence-corrected chi connectivity index (χ3v) is 5.95. The van der Waals surface area contributed by atoms with Gasteiger partial charge in [0.15, 0.2) is 0 Å². The molecular weight excluding hydrogens is 418 g/mol. The van der Waals surface area contributed by atoms with Gasteiger partial charge < -0.3 is 29.7 Å². The molecule has 3 N–H and O–H groups in total. The summed E-state index contributed by atoms with van der Waals surface area (Å²) in [5, 5.41) is 23.1. The summed E-state index contributed by atoms with van der Waals surface area (Å²) in [6, 6.07) is 0.766. The van der Waals surface area contributed by atoms with Gasteiger partial charge in [-0.15, -0.1) is 0 Å². The van der Waals surface area contributed by atoms with Gasteiger partial charge in [0.2, 0.25) is 0 Å². The van der Waals surface area contributed by atoms with E-state index in [1.165, 1.54) is 32.0 Å². The van der Waals surface area contributed by atoms with Crippen LogP contribution in [-0.2, 0) is 20.0 Å². The van der Waals surface area contributed by atoms with E-state index >= 15 is 0 Å². The SMILES string of the molecule is COC(=O)[C@@H]1CSCc2c(O)cc(OC)c(C)c2C(=O)O[C@H](CO)CCC(=S)N1. The number of carbonyl (C=O) groups is 2. The number of carbonyl (C=O) groups excluding carboxylic acids is 2. The summed E-state index contributed by atoms with van der Waals surface area (Å²) in [4.78, 5) is 25.4. The van der Waals surface area contributed by atoms with Crippen LogP contribution in [0.5, 0.6) is 11.5 Å². The van der Waals surface area contributed by atoms with E-state index in [0.29, 0.717) is 34.0 Å². The van der Waals surface area contributed by atoms with Crippen LogP contribution in [0.1, 0.15) is 34.3 Å². The van der Waals surface area contributed by atoms with Gasteiger partial charge in [0.25, 0.3) is 0 Å². The summed E-state index contributed by atoms with van der Waals surface area (Å²) >= 11 is 6.62. The van der Waals surface area contributed by atoms with Crippen molar-refractivity contribution in [3.63, 3.8) is 0 Å². The van der Waals surface area contributed by atoms with E-state index in [4.69, 9.17) is 26.4 Å². The highest BCUT2D eigenvalue weighted by molar-refractivity contribution is 7.98. The highest BCUT2D eigenvalue weighted by atomic mass is 32.2. The fraction of sp³-hybridized carbons (Fsp3) is 0.526. The molecule has 0 saturated heterocycles. The second kappa shape index (κ2) is 10.7. The molecule has 0 aliphatic carbocycles. The number of cyclic esters (lactones) is 1. The number of rotatable bonds is 3. The van der Waals surface area contributed by atoms with Crippen molar-refractivity contribution in [3.8, 4) is 11.5 Å². The number of esters is 2. The number of aromatic hydroxyl groups is 1. The summed E-state index contributed by atoms with van der Waals surface area (Å²) in [7, 11) is 2.74. The van der Waals surface area contributed by atoms with E-state index in [1.54, 1.807) is 6.92 Å². The van der Waals surface area contributed by atoms with Crippen molar-refractivity contribution in [2.75, 3.05) is 26.6 Å². The maximum atomic E-state index is 12.9. The largest absolute Gasteiger partial charge is 0.507 e. The number of fused-ring (bicyclic) bond motifs is 1. The average Bonchev–Trinajstić information content (AvgIpc) is 2.71. The Morgan fingerprint density at radius 3 is 2.79 bits per heavy atom. The lowest BCUT2D eigenvalue weighted by atomic mass is 10.0. The maximum Gasteiger partial charge on any atom is 0.339 e. The number of aliphatic hydroxyl groups is 1. The van der Waals surface area contributed by atoms with Crippen molar-refractivity contribution >= 4 is 40.9 Å². The molecule has 29 heavy (non-hydrogen) atoms. The predicted octanol–water partition coefficient (Wildman–Crippen LogP) is 1.71. The van der Waals surface area contributed by atoms with Gasteiger partial charge in [-0.1, -0.05) is 12.2 Å². The molecule has 2 rings (SSSR count). The van der Waals surface area contributed by atoms with Crippen LogP contribution in [0.15, 0.2) is 6.07 Å². The Balaban J connectivity index is 2.46. The second-order valence-corrected chi connectivity index (χ2v) is 8.01. The smallest absolute Gasteiger partial charge is 0.339 e. The van der Waals surface area contributed by atoms with E-state index in [1.807, 2.05) is 0 Å². The molecule has 0 spiro atoms. The van der Waals surface area contributed by atoms with Gasteiger partial charge in [0, 0.05) is 35.1 Å². The first-order chi connectivity index (χ1) is 13.8. The molecule has 1 aliphatic rings. The van der Waals surface area contributed by atoms with Crippen LogP contribution in [0.25, 0.3) is 0 Å². The summed E-state index contributed by atoms with van der Waals surface area (Å²) in [5.74, 6) is -0.323. The molecule has 2 atom stereocenters. The number of thioether (sulfide) groups is 1. The van der Waals surface area contributed by atoms with Gasteiger partial charge in [-0.25, -0.2) is 9.59 Å². The zero-order chi connectivity index (χ0) is 21.6. The second-order valence-electron chi connectivity index (χ2n) is 6.48. The van der Waals surface area contributed by atoms with E-state index in [-0.39, 0.29) is 30.1 Å². The van der Waals surface area contributed by atoms with E-state index in [2.05, 4.69) is 5.32 Å². The van der Waals surface area contributed by atoms with Crippen LogP contribution >= 0.6 is 24.0 Å². The predicted molar refractivity (Wildman–Crippen MR) is 113 cm³/mol. The first-order valence-electron chi connectivity index (χ1n) is 8.98. The Hall–Kier alpha value is -2.04. The van der Waals surface area contributed by atoms with Crippen LogP contribution in [0, 0.1) is 6.92 Å². The maximum absolute atomic E-state index is 12.9.